The molecule has 1 aromatic carbocycles. The van der Waals surface area contributed by atoms with Crippen molar-refractivity contribution in [2.24, 2.45) is 0 Å². The first kappa shape index (κ1) is 11.2. The number of hydrogen-bond acceptors (Lipinski definition) is 1. The van der Waals surface area contributed by atoms with Gasteiger partial charge in [-0.2, -0.15) is 5.26 Å². The van der Waals surface area contributed by atoms with Crippen molar-refractivity contribution in [3.63, 3.8) is 0 Å². The monoisotopic (exact) mass is 213 g/mol. The molecule has 0 atom stereocenters. The fourth-order valence-electron chi connectivity index (χ4n) is 2.49. The highest BCUT2D eigenvalue weighted by molar-refractivity contribution is 5.46. The van der Waals surface area contributed by atoms with Crippen LogP contribution in [0.2, 0.25) is 0 Å². The van der Waals surface area contributed by atoms with Crippen molar-refractivity contribution in [2.45, 2.75) is 32.6 Å². The molecule has 0 bridgehead atoms. The molecule has 0 amide bonds. The van der Waals surface area contributed by atoms with Gasteiger partial charge in [0.05, 0.1) is 11.6 Å². The quantitative estimate of drug-likeness (QED) is 0.706. The molecule has 2 nitrogen and oxygen atoms in total. The Morgan fingerprint density at radius 1 is 1.19 bits per heavy atom. The molecule has 2 rings (SSSR count). The maximum Gasteiger partial charge on any atom is 0.0997 e. The zero-order valence-electron chi connectivity index (χ0n) is 9.95. The number of benzene rings is 1. The van der Waals surface area contributed by atoms with Gasteiger partial charge in [-0.1, -0.05) is 12.1 Å². The van der Waals surface area contributed by atoms with Gasteiger partial charge < -0.3 is 0 Å². The number of nitrogens with zero attached hydrogens (tertiary/aromatic N) is 2. The van der Waals surface area contributed by atoms with E-state index in [-0.39, 0.29) is 0 Å². The number of aryl methyl sites for hydroxylation is 2. The summed E-state index contributed by atoms with van der Waals surface area (Å²) in [4.78, 5) is 0. The van der Waals surface area contributed by atoms with Gasteiger partial charge in [-0.3, -0.25) is 0 Å². The molecule has 0 saturated carbocycles. The van der Waals surface area contributed by atoms with Crippen LogP contribution >= 0.6 is 0 Å². The Kier molecular flexibility index (Phi) is 3.26. The third kappa shape index (κ3) is 2.10. The van der Waals surface area contributed by atoms with Crippen molar-refractivity contribution in [1.29, 1.82) is 5.26 Å². The summed E-state index contributed by atoms with van der Waals surface area (Å²) in [5, 5.41) is 13.4. The van der Waals surface area contributed by atoms with E-state index in [1.807, 2.05) is 13.8 Å². The van der Waals surface area contributed by atoms with E-state index in [9.17, 15) is 0 Å². The number of piperidine rings is 1. The third-order valence-electron chi connectivity index (χ3n) is 3.41. The van der Waals surface area contributed by atoms with Gasteiger partial charge in [0.25, 0.3) is 0 Å². The van der Waals surface area contributed by atoms with Gasteiger partial charge in [0, 0.05) is 13.1 Å². The molecule has 1 radical (unpaired) electrons. The topological polar surface area (TPSA) is 37.9 Å². The highest BCUT2D eigenvalue weighted by Gasteiger charge is 2.17. The predicted molar refractivity (Wildman–Crippen MR) is 64.5 cm³/mol. The van der Waals surface area contributed by atoms with Gasteiger partial charge in [-0.25, -0.2) is 5.32 Å². The first-order valence-corrected chi connectivity index (χ1v) is 5.87. The lowest BCUT2D eigenvalue weighted by Crippen LogP contribution is -2.21. The van der Waals surface area contributed by atoms with E-state index in [0.29, 0.717) is 5.92 Å². The molecule has 1 aliphatic rings. The average Bonchev–Trinajstić information content (AvgIpc) is 2.30. The van der Waals surface area contributed by atoms with Gasteiger partial charge in [0.2, 0.25) is 0 Å². The summed E-state index contributed by atoms with van der Waals surface area (Å²) in [6, 6.07) is 6.64. The van der Waals surface area contributed by atoms with Gasteiger partial charge in [-0.05, 0) is 49.3 Å². The maximum atomic E-state index is 9.04. The van der Waals surface area contributed by atoms with Crippen molar-refractivity contribution >= 4 is 0 Å². The van der Waals surface area contributed by atoms with Gasteiger partial charge in [0.1, 0.15) is 0 Å². The molecule has 16 heavy (non-hydrogen) atoms. The van der Waals surface area contributed by atoms with E-state index in [2.05, 4.69) is 23.5 Å². The minimum atomic E-state index is 0.641. The highest BCUT2D eigenvalue weighted by Crippen LogP contribution is 2.28. The molecule has 1 saturated heterocycles. The zero-order chi connectivity index (χ0) is 11.5. The van der Waals surface area contributed by atoms with Crippen LogP contribution in [-0.2, 0) is 0 Å². The molecular formula is C14H17N2. The second-order valence-electron chi connectivity index (χ2n) is 4.59. The fraction of sp³-hybridized carbons (Fsp3) is 0.500. The first-order chi connectivity index (χ1) is 7.72. The van der Waals surface area contributed by atoms with Crippen molar-refractivity contribution < 1.29 is 0 Å². The highest BCUT2D eigenvalue weighted by atomic mass is 14.9. The van der Waals surface area contributed by atoms with Crippen molar-refractivity contribution in [3.8, 4) is 6.07 Å². The fourth-order valence-corrected chi connectivity index (χ4v) is 2.49. The largest absolute Gasteiger partial charge is 0.242 e. The van der Waals surface area contributed by atoms with Gasteiger partial charge in [0.15, 0.2) is 0 Å². The van der Waals surface area contributed by atoms with Crippen LogP contribution in [0, 0.1) is 25.2 Å². The third-order valence-corrected chi connectivity index (χ3v) is 3.41. The van der Waals surface area contributed by atoms with E-state index >= 15 is 0 Å². The van der Waals surface area contributed by atoms with Crippen LogP contribution in [0.5, 0.6) is 0 Å². The minimum Gasteiger partial charge on any atom is -0.242 e. The van der Waals surface area contributed by atoms with E-state index in [1.54, 1.807) is 0 Å². The van der Waals surface area contributed by atoms with Gasteiger partial charge in [-0.15, -0.1) is 0 Å². The smallest absolute Gasteiger partial charge is 0.0997 e. The van der Waals surface area contributed by atoms with Crippen LogP contribution in [0.3, 0.4) is 0 Å². The molecule has 0 aliphatic carbocycles. The molecular weight excluding hydrogens is 196 g/mol. The van der Waals surface area contributed by atoms with Crippen LogP contribution < -0.4 is 5.32 Å². The predicted octanol–water partition coefficient (Wildman–Crippen LogP) is 2.66. The maximum absolute atomic E-state index is 9.04. The van der Waals surface area contributed by atoms with Crippen LogP contribution in [0.1, 0.15) is 41.0 Å². The summed E-state index contributed by atoms with van der Waals surface area (Å²) in [6.07, 6.45) is 2.32. The van der Waals surface area contributed by atoms with Crippen LogP contribution in [0.25, 0.3) is 0 Å². The summed E-state index contributed by atoms with van der Waals surface area (Å²) >= 11 is 0. The minimum absolute atomic E-state index is 0.641. The summed E-state index contributed by atoms with van der Waals surface area (Å²) < 4.78 is 0. The van der Waals surface area contributed by atoms with Crippen LogP contribution in [0.15, 0.2) is 12.1 Å². The van der Waals surface area contributed by atoms with Crippen molar-refractivity contribution in [2.75, 3.05) is 13.1 Å². The first-order valence-electron chi connectivity index (χ1n) is 5.87. The Morgan fingerprint density at radius 3 is 2.25 bits per heavy atom. The Morgan fingerprint density at radius 2 is 1.75 bits per heavy atom. The number of nitriles is 1. The molecule has 1 aromatic rings. The molecule has 2 heteroatoms. The van der Waals surface area contributed by atoms with E-state index in [1.165, 1.54) is 5.56 Å². The lowest BCUT2D eigenvalue weighted by Gasteiger charge is -2.23. The molecule has 0 spiro atoms. The Bertz CT molecular complexity index is 400. The second-order valence-corrected chi connectivity index (χ2v) is 4.59. The van der Waals surface area contributed by atoms with Crippen LogP contribution in [-0.4, -0.2) is 13.1 Å². The lowest BCUT2D eigenvalue weighted by atomic mass is 9.87. The molecule has 0 N–H and O–H groups in total. The summed E-state index contributed by atoms with van der Waals surface area (Å²) in [7, 11) is 0. The Hall–Kier alpha value is -1.33. The molecule has 1 fully saturated rings. The van der Waals surface area contributed by atoms with E-state index in [4.69, 9.17) is 5.26 Å². The summed E-state index contributed by atoms with van der Waals surface area (Å²) in [6.45, 7) is 6.04. The zero-order valence-corrected chi connectivity index (χ0v) is 9.95. The SMILES string of the molecule is Cc1cc(C2CC[N]CC2)cc(C)c1C#N. The Balaban J connectivity index is 2.32. The second kappa shape index (κ2) is 4.67. The lowest BCUT2D eigenvalue weighted by molar-refractivity contribution is 0.453. The molecule has 0 unspecified atom stereocenters. The van der Waals surface area contributed by atoms with E-state index < -0.39 is 0 Å². The molecule has 0 aromatic heterocycles. The molecule has 83 valence electrons. The van der Waals surface area contributed by atoms with Crippen molar-refractivity contribution in [3.05, 3.63) is 34.4 Å². The van der Waals surface area contributed by atoms with Crippen molar-refractivity contribution in [1.82, 2.24) is 5.32 Å². The summed E-state index contributed by atoms with van der Waals surface area (Å²) in [5.41, 5.74) is 4.45. The number of hydrogen-bond donors (Lipinski definition) is 0. The average molecular weight is 213 g/mol. The standard InChI is InChI=1S/C14H17N2/c1-10-7-13(8-11(2)14(10)9-15)12-3-5-16-6-4-12/h7-8,12H,3-6H2,1-2H3. The molecule has 1 aliphatic heterocycles. The normalized spacial score (nSPS) is 17.1. The molecule has 1 heterocycles. The number of rotatable bonds is 1. The van der Waals surface area contributed by atoms with Gasteiger partial charge >= 0.3 is 0 Å². The van der Waals surface area contributed by atoms with Crippen LogP contribution in [0.4, 0.5) is 0 Å². The Labute approximate surface area is 97.3 Å². The summed E-state index contributed by atoms with van der Waals surface area (Å²) in [5.74, 6) is 0.641. The van der Waals surface area contributed by atoms with E-state index in [0.717, 1.165) is 42.6 Å².